The fraction of sp³-hybridized carbons (Fsp3) is 0.200. The quantitative estimate of drug-likeness (QED) is 0.487. The average molecular weight is 401 g/mol. The maximum absolute atomic E-state index is 13.8. The van der Waals surface area contributed by atoms with E-state index in [9.17, 15) is 9.18 Å². The van der Waals surface area contributed by atoms with Crippen LogP contribution in [0.5, 0.6) is 0 Å². The molecule has 2 heterocycles. The number of hydrogen-bond donors (Lipinski definition) is 1. The van der Waals surface area contributed by atoms with Crippen molar-refractivity contribution in [2.45, 2.75) is 34.1 Å². The minimum absolute atomic E-state index is 0.120. The maximum atomic E-state index is 13.8. The van der Waals surface area contributed by atoms with E-state index < -0.39 is 0 Å². The molecular formula is C25H24FN3O. The van der Waals surface area contributed by atoms with E-state index in [1.165, 1.54) is 6.07 Å². The molecule has 0 aliphatic heterocycles. The molecule has 0 spiro atoms. The van der Waals surface area contributed by atoms with Gasteiger partial charge in [-0.3, -0.25) is 4.79 Å². The first-order valence-electron chi connectivity index (χ1n) is 9.93. The topological polar surface area (TPSA) is 46.4 Å². The first kappa shape index (κ1) is 19.8. The highest BCUT2D eigenvalue weighted by atomic mass is 19.1. The van der Waals surface area contributed by atoms with Crippen LogP contribution in [0.25, 0.3) is 16.9 Å². The van der Waals surface area contributed by atoms with Gasteiger partial charge in [0.1, 0.15) is 11.5 Å². The zero-order valence-electron chi connectivity index (χ0n) is 17.6. The van der Waals surface area contributed by atoms with Crippen molar-refractivity contribution >= 4 is 17.2 Å². The lowest BCUT2D eigenvalue weighted by atomic mass is 10.1. The van der Waals surface area contributed by atoms with Gasteiger partial charge in [0.05, 0.1) is 17.8 Å². The molecule has 4 rings (SSSR count). The third-order valence-electron chi connectivity index (χ3n) is 5.28. The number of nitrogens with one attached hydrogen (secondary N) is 1. The molecule has 0 fully saturated rings. The van der Waals surface area contributed by atoms with Gasteiger partial charge in [0.2, 0.25) is 5.91 Å². The number of carbonyl (C=O) groups is 1. The Balaban J connectivity index is 1.75. The summed E-state index contributed by atoms with van der Waals surface area (Å²) in [7, 11) is 0. The number of halogens is 1. The van der Waals surface area contributed by atoms with Gasteiger partial charge in [0.15, 0.2) is 0 Å². The van der Waals surface area contributed by atoms with Crippen molar-refractivity contribution in [3.8, 4) is 11.3 Å². The summed E-state index contributed by atoms with van der Waals surface area (Å²) in [6.45, 7) is 7.73. The predicted octanol–water partition coefficient (Wildman–Crippen LogP) is 5.56. The molecule has 0 bridgehead atoms. The Labute approximate surface area is 175 Å². The zero-order valence-corrected chi connectivity index (χ0v) is 17.6. The SMILES string of the molecule is Cc1ccc(NC(=O)Cc2c(-c3ccc(F)c(C)c3)nc3ccc(C)cn23)c(C)c1. The third kappa shape index (κ3) is 3.83. The normalized spacial score (nSPS) is 11.1. The van der Waals surface area contributed by atoms with Gasteiger partial charge in [-0.25, -0.2) is 9.37 Å². The number of fused-ring (bicyclic) bond motifs is 1. The van der Waals surface area contributed by atoms with Crippen LogP contribution in [0, 0.1) is 33.5 Å². The minimum Gasteiger partial charge on any atom is -0.326 e. The third-order valence-corrected chi connectivity index (χ3v) is 5.28. The van der Waals surface area contributed by atoms with E-state index in [-0.39, 0.29) is 18.1 Å². The van der Waals surface area contributed by atoms with Gasteiger partial charge in [-0.1, -0.05) is 23.8 Å². The second kappa shape index (κ2) is 7.75. The highest BCUT2D eigenvalue weighted by Crippen LogP contribution is 2.27. The van der Waals surface area contributed by atoms with Crippen molar-refractivity contribution in [1.82, 2.24) is 9.38 Å². The number of pyridine rings is 1. The van der Waals surface area contributed by atoms with Crippen molar-refractivity contribution in [3.05, 3.63) is 88.5 Å². The summed E-state index contributed by atoms with van der Waals surface area (Å²) >= 11 is 0. The Hall–Kier alpha value is -3.47. The Morgan fingerprint density at radius 3 is 2.47 bits per heavy atom. The lowest BCUT2D eigenvalue weighted by molar-refractivity contribution is -0.115. The van der Waals surface area contributed by atoms with Gasteiger partial charge >= 0.3 is 0 Å². The number of nitrogens with zero attached hydrogens (tertiary/aromatic N) is 2. The monoisotopic (exact) mass is 401 g/mol. The molecule has 152 valence electrons. The van der Waals surface area contributed by atoms with Crippen LogP contribution in [0.2, 0.25) is 0 Å². The van der Waals surface area contributed by atoms with Gasteiger partial charge in [-0.05, 0) is 74.7 Å². The molecule has 0 saturated heterocycles. The fourth-order valence-electron chi connectivity index (χ4n) is 3.69. The molecule has 0 saturated carbocycles. The van der Waals surface area contributed by atoms with Crippen molar-refractivity contribution in [1.29, 1.82) is 0 Å². The van der Waals surface area contributed by atoms with E-state index in [0.717, 1.165) is 39.3 Å². The molecule has 5 heteroatoms. The fourth-order valence-corrected chi connectivity index (χ4v) is 3.69. The summed E-state index contributed by atoms with van der Waals surface area (Å²) in [6, 6.07) is 14.8. The van der Waals surface area contributed by atoms with E-state index >= 15 is 0 Å². The molecule has 0 radical (unpaired) electrons. The highest BCUT2D eigenvalue weighted by molar-refractivity contribution is 5.94. The molecule has 4 nitrogen and oxygen atoms in total. The van der Waals surface area contributed by atoms with Crippen LogP contribution >= 0.6 is 0 Å². The molecule has 1 N–H and O–H groups in total. The molecule has 1 amide bonds. The van der Waals surface area contributed by atoms with E-state index in [4.69, 9.17) is 4.98 Å². The molecule has 0 aliphatic carbocycles. The first-order chi connectivity index (χ1) is 14.3. The summed E-state index contributed by atoms with van der Waals surface area (Å²) < 4.78 is 15.8. The number of amides is 1. The van der Waals surface area contributed by atoms with Crippen LogP contribution in [0.3, 0.4) is 0 Å². The van der Waals surface area contributed by atoms with Crippen LogP contribution < -0.4 is 5.32 Å². The first-order valence-corrected chi connectivity index (χ1v) is 9.93. The number of benzene rings is 2. The number of hydrogen-bond acceptors (Lipinski definition) is 2. The molecule has 2 aromatic carbocycles. The van der Waals surface area contributed by atoms with E-state index in [1.807, 2.05) is 61.7 Å². The van der Waals surface area contributed by atoms with E-state index in [1.54, 1.807) is 19.1 Å². The van der Waals surface area contributed by atoms with Gasteiger partial charge in [-0.2, -0.15) is 0 Å². The van der Waals surface area contributed by atoms with Crippen molar-refractivity contribution in [2.24, 2.45) is 0 Å². The number of imidazole rings is 1. The number of aryl methyl sites for hydroxylation is 4. The lowest BCUT2D eigenvalue weighted by Crippen LogP contribution is -2.16. The van der Waals surface area contributed by atoms with Crippen LogP contribution in [0.4, 0.5) is 10.1 Å². The Morgan fingerprint density at radius 2 is 1.73 bits per heavy atom. The van der Waals surface area contributed by atoms with Gasteiger partial charge in [0, 0.05) is 17.4 Å². The van der Waals surface area contributed by atoms with E-state index in [2.05, 4.69) is 5.32 Å². The smallest absolute Gasteiger partial charge is 0.230 e. The molecule has 0 aliphatic rings. The molecule has 2 aromatic heterocycles. The van der Waals surface area contributed by atoms with Crippen molar-refractivity contribution in [2.75, 3.05) is 5.32 Å². The average Bonchev–Trinajstić information content (AvgIpc) is 3.04. The van der Waals surface area contributed by atoms with Crippen LogP contribution in [0.15, 0.2) is 54.7 Å². The highest BCUT2D eigenvalue weighted by Gasteiger charge is 2.18. The van der Waals surface area contributed by atoms with Gasteiger partial charge in [-0.15, -0.1) is 0 Å². The molecular weight excluding hydrogens is 377 g/mol. The number of carbonyl (C=O) groups excluding carboxylic acids is 1. The minimum atomic E-state index is -0.257. The predicted molar refractivity (Wildman–Crippen MR) is 118 cm³/mol. The standard InChI is InChI=1S/C25H24FN3O/c1-15-5-9-21(18(4)11-15)27-24(30)13-22-25(19-7-8-20(26)17(3)12-19)28-23-10-6-16(2)14-29(22)23/h5-12,14H,13H2,1-4H3,(H,27,30). The Morgan fingerprint density at radius 1 is 0.967 bits per heavy atom. The second-order valence-corrected chi connectivity index (χ2v) is 7.85. The van der Waals surface area contributed by atoms with Crippen LogP contribution in [-0.2, 0) is 11.2 Å². The van der Waals surface area contributed by atoms with Gasteiger partial charge in [0.25, 0.3) is 0 Å². The summed E-state index contributed by atoms with van der Waals surface area (Å²) in [6.07, 6.45) is 2.13. The van der Waals surface area contributed by atoms with E-state index in [0.29, 0.717) is 11.3 Å². The maximum Gasteiger partial charge on any atom is 0.230 e. The van der Waals surface area contributed by atoms with Crippen LogP contribution in [-0.4, -0.2) is 15.3 Å². The number of rotatable bonds is 4. The second-order valence-electron chi connectivity index (χ2n) is 7.85. The Kier molecular flexibility index (Phi) is 5.12. The largest absolute Gasteiger partial charge is 0.326 e. The lowest BCUT2D eigenvalue weighted by Gasteiger charge is -2.11. The molecule has 0 unspecified atom stereocenters. The van der Waals surface area contributed by atoms with Crippen LogP contribution in [0.1, 0.15) is 27.9 Å². The summed E-state index contributed by atoms with van der Waals surface area (Å²) in [5.41, 5.74) is 7.61. The van der Waals surface area contributed by atoms with Crippen molar-refractivity contribution in [3.63, 3.8) is 0 Å². The summed E-state index contributed by atoms with van der Waals surface area (Å²) in [5.74, 6) is -0.377. The summed E-state index contributed by atoms with van der Waals surface area (Å²) in [4.78, 5) is 17.7. The van der Waals surface area contributed by atoms with Gasteiger partial charge < -0.3 is 9.72 Å². The number of anilines is 1. The Bertz CT molecular complexity index is 1270. The molecule has 30 heavy (non-hydrogen) atoms. The molecule has 4 aromatic rings. The summed E-state index contributed by atoms with van der Waals surface area (Å²) in [5, 5.41) is 3.01. The molecule has 0 atom stereocenters. The zero-order chi connectivity index (χ0) is 21.4. The van der Waals surface area contributed by atoms with Crippen molar-refractivity contribution < 1.29 is 9.18 Å². The number of aromatic nitrogens is 2.